The van der Waals surface area contributed by atoms with Crippen molar-refractivity contribution in [1.29, 1.82) is 0 Å². The molecule has 0 aromatic heterocycles. The van der Waals surface area contributed by atoms with Crippen LogP contribution < -0.4 is 44.7 Å². The van der Waals surface area contributed by atoms with Crippen LogP contribution in [-0.2, 0) is 16.5 Å². The zero-order valence-electron chi connectivity index (χ0n) is 21.7. The van der Waals surface area contributed by atoms with Crippen molar-refractivity contribution < 1.29 is 57.2 Å². The van der Waals surface area contributed by atoms with Crippen LogP contribution in [-0.4, -0.2) is 25.5 Å². The summed E-state index contributed by atoms with van der Waals surface area (Å²) in [6.07, 6.45) is 0.450. The first-order valence-corrected chi connectivity index (χ1v) is 13.9. The maximum atomic E-state index is 13.5. The first kappa shape index (κ1) is 31.8. The van der Waals surface area contributed by atoms with Crippen molar-refractivity contribution in [3.05, 3.63) is 81.8 Å². The van der Waals surface area contributed by atoms with Gasteiger partial charge < -0.3 is 15.2 Å². The largest absolute Gasteiger partial charge is 1.00 e. The Morgan fingerprint density at radius 1 is 1.02 bits per heavy atom. The molecular weight excluding hydrogens is 588 g/mol. The van der Waals surface area contributed by atoms with Crippen LogP contribution in [0.2, 0.25) is 10.0 Å². The molecule has 0 aliphatic heterocycles. The first-order valence-electron chi connectivity index (χ1n) is 11.7. The van der Waals surface area contributed by atoms with Gasteiger partial charge in [-0.3, -0.25) is 9.35 Å². The molecule has 0 bridgehead atoms. The van der Waals surface area contributed by atoms with Gasteiger partial charge in [-0.2, -0.15) is 13.5 Å². The van der Waals surface area contributed by atoms with E-state index >= 15 is 0 Å². The summed E-state index contributed by atoms with van der Waals surface area (Å²) in [6, 6.07) is 15.5. The predicted molar refractivity (Wildman–Crippen MR) is 149 cm³/mol. The molecule has 0 saturated carbocycles. The van der Waals surface area contributed by atoms with Crippen LogP contribution in [0.25, 0.3) is 10.8 Å². The van der Waals surface area contributed by atoms with E-state index in [0.29, 0.717) is 29.4 Å². The summed E-state index contributed by atoms with van der Waals surface area (Å²) in [5.41, 5.74) is 0.0512. The molecule has 4 aromatic carbocycles. The average molecular weight is 610 g/mol. The monoisotopic (exact) mass is 609 g/mol. The Balaban J connectivity index is 0.00000441. The normalized spacial score (nSPS) is 11.4. The third-order valence-corrected chi connectivity index (χ3v) is 7.40. The summed E-state index contributed by atoms with van der Waals surface area (Å²) in [5.74, 6) is -1.24. The number of benzene rings is 4. The second kappa shape index (κ2) is 13.3. The van der Waals surface area contributed by atoms with Crippen LogP contribution in [0, 0.1) is 0 Å². The Morgan fingerprint density at radius 3 is 2.40 bits per heavy atom. The first-order chi connectivity index (χ1) is 18.6. The van der Waals surface area contributed by atoms with Gasteiger partial charge in [-0.05, 0) is 48.6 Å². The van der Waals surface area contributed by atoms with Crippen LogP contribution in [0.15, 0.2) is 75.8 Å². The third-order valence-electron chi connectivity index (χ3n) is 5.79. The second-order valence-corrected chi connectivity index (χ2v) is 10.4. The number of carbonyl (C=O) groups excluding carboxylic acids is 1. The molecule has 0 saturated heterocycles. The van der Waals surface area contributed by atoms with E-state index in [9.17, 15) is 22.9 Å². The molecule has 0 fully saturated rings. The molecule has 4 aromatic rings. The Hall–Kier alpha value is -2.70. The fourth-order valence-corrected chi connectivity index (χ4v) is 5.18. The Bertz CT molecular complexity index is 1730. The number of halogens is 2. The van der Waals surface area contributed by atoms with Gasteiger partial charge in [-0.1, -0.05) is 72.3 Å². The van der Waals surface area contributed by atoms with E-state index in [-0.39, 0.29) is 68.0 Å². The van der Waals surface area contributed by atoms with Gasteiger partial charge in [0, 0.05) is 10.9 Å². The minimum Gasteiger partial charge on any atom is -0.870 e. The van der Waals surface area contributed by atoms with Crippen LogP contribution in [0.3, 0.4) is 0 Å². The molecule has 0 radical (unpaired) electrons. The summed E-state index contributed by atoms with van der Waals surface area (Å²) >= 11 is 12.6. The van der Waals surface area contributed by atoms with Crippen molar-refractivity contribution in [2.75, 3.05) is 11.9 Å². The maximum Gasteiger partial charge on any atom is 1.00 e. The summed E-state index contributed by atoms with van der Waals surface area (Å²) in [7, 11) is -4.71. The number of aryl methyl sites for hydroxylation is 1. The number of azo groups is 1. The minimum absolute atomic E-state index is 0. The van der Waals surface area contributed by atoms with Gasteiger partial charge in [0.2, 0.25) is 0 Å². The number of para-hydroxylation sites is 1. The van der Waals surface area contributed by atoms with Crippen molar-refractivity contribution >= 4 is 67.1 Å². The quantitative estimate of drug-likeness (QED) is 0.175. The molecule has 202 valence electrons. The molecule has 9 nitrogen and oxygen atoms in total. The van der Waals surface area contributed by atoms with E-state index in [0.717, 1.165) is 6.07 Å². The molecule has 40 heavy (non-hydrogen) atoms. The summed E-state index contributed by atoms with van der Waals surface area (Å²) < 4.78 is 39.2. The van der Waals surface area contributed by atoms with Crippen LogP contribution in [0.4, 0.5) is 17.1 Å². The van der Waals surface area contributed by atoms with Crippen LogP contribution in [0.5, 0.6) is 11.5 Å². The Labute approximate surface area is 263 Å². The number of fused-ring (bicyclic) bond motifs is 1. The van der Waals surface area contributed by atoms with Crippen molar-refractivity contribution in [3.8, 4) is 11.5 Å². The van der Waals surface area contributed by atoms with E-state index in [1.54, 1.807) is 56.3 Å². The number of hydrogen-bond acceptors (Lipinski definition) is 7. The number of anilines is 1. The van der Waals surface area contributed by atoms with E-state index in [1.807, 2.05) is 0 Å². The van der Waals surface area contributed by atoms with E-state index in [1.165, 1.54) is 12.1 Å². The number of hydrogen-bond donors (Lipinski definition) is 2. The smallest absolute Gasteiger partial charge is 0.870 e. The van der Waals surface area contributed by atoms with E-state index < -0.39 is 26.7 Å². The van der Waals surface area contributed by atoms with Crippen LogP contribution in [0.1, 0.15) is 29.8 Å². The average Bonchev–Trinajstić information content (AvgIpc) is 2.89. The molecule has 4 rings (SSSR count). The topological polar surface area (TPSA) is 140 Å². The summed E-state index contributed by atoms with van der Waals surface area (Å²) in [4.78, 5) is 12.7. The van der Waals surface area contributed by atoms with E-state index in [2.05, 4.69) is 15.5 Å². The number of nitrogens with one attached hydrogen (secondary N) is 1. The molecule has 0 atom stereocenters. The number of rotatable bonds is 8. The van der Waals surface area contributed by atoms with Crippen molar-refractivity contribution in [1.82, 2.24) is 0 Å². The summed E-state index contributed by atoms with van der Waals surface area (Å²) in [6.45, 7) is 3.87. The SMILES string of the molecule is CCOc1c(Cl)cccc1NC(=O)c1cc2ccccc2c(N=Nc2c(S(=O)(=O)O)ccc(CC)c2Cl)c1[O-].[Na+]. The molecule has 1 amide bonds. The number of carbonyl (C=O) groups is 1. The standard InChI is InChI=1S/C27H23Cl2N3O6S.Na/c1-3-15-12-13-21(39(35,36)37)24(22(15)29)32-31-23-17-9-6-5-8-16(17)14-18(25(23)33)27(34)30-20-11-7-10-19(28)26(20)38-4-2;/h5-14,33H,3-4H2,1-2H3,(H,30,34)(H,35,36,37);/q;+1/p-1. The molecular formula is C27H22Cl2N3NaO6S. The molecule has 0 unspecified atom stereocenters. The minimum atomic E-state index is -4.71. The second-order valence-electron chi connectivity index (χ2n) is 8.24. The molecule has 2 N–H and O–H groups in total. The van der Waals surface area contributed by atoms with Gasteiger partial charge in [0.25, 0.3) is 16.0 Å². The third kappa shape index (κ3) is 6.60. The van der Waals surface area contributed by atoms with Crippen LogP contribution >= 0.6 is 23.2 Å². The van der Waals surface area contributed by atoms with Gasteiger partial charge >= 0.3 is 29.6 Å². The zero-order valence-corrected chi connectivity index (χ0v) is 26.1. The van der Waals surface area contributed by atoms with Gasteiger partial charge in [-0.15, -0.1) is 5.11 Å². The summed E-state index contributed by atoms with van der Waals surface area (Å²) in [5, 5.41) is 25.4. The fraction of sp³-hybridized carbons (Fsp3) is 0.148. The van der Waals surface area contributed by atoms with Gasteiger partial charge in [-0.25, -0.2) is 0 Å². The number of ether oxygens (including phenoxy) is 1. The molecule has 13 heteroatoms. The zero-order chi connectivity index (χ0) is 28.3. The predicted octanol–water partition coefficient (Wildman–Crippen LogP) is 4.10. The van der Waals surface area contributed by atoms with Gasteiger partial charge in [0.15, 0.2) is 5.75 Å². The molecule has 0 aliphatic carbocycles. The number of amides is 1. The van der Waals surface area contributed by atoms with Crippen molar-refractivity contribution in [2.45, 2.75) is 25.2 Å². The van der Waals surface area contributed by atoms with Gasteiger partial charge in [0.05, 0.1) is 28.0 Å². The Kier molecular flexibility index (Phi) is 10.6. The maximum absolute atomic E-state index is 13.5. The molecule has 0 aliphatic rings. The van der Waals surface area contributed by atoms with Crippen molar-refractivity contribution in [2.24, 2.45) is 10.2 Å². The van der Waals surface area contributed by atoms with Gasteiger partial charge in [0.1, 0.15) is 10.6 Å². The molecule has 0 spiro atoms. The van der Waals surface area contributed by atoms with E-state index in [4.69, 9.17) is 27.9 Å². The fourth-order valence-electron chi connectivity index (χ4n) is 3.93. The van der Waals surface area contributed by atoms with Crippen molar-refractivity contribution in [3.63, 3.8) is 0 Å². The number of nitrogens with zero attached hydrogens (tertiary/aromatic N) is 2. The Morgan fingerprint density at radius 2 is 1.73 bits per heavy atom. The molecule has 0 heterocycles.